The predicted molar refractivity (Wildman–Crippen MR) is 77.1 cm³/mol. The Hall–Kier alpha value is -1.68. The summed E-state index contributed by atoms with van der Waals surface area (Å²) >= 11 is 1.56. The maximum absolute atomic E-state index is 12.3. The summed E-state index contributed by atoms with van der Waals surface area (Å²) in [6, 6.07) is 7.37. The molecule has 100 valence electrons. The molecule has 1 aromatic heterocycles. The first kappa shape index (κ1) is 13.7. The Labute approximate surface area is 117 Å². The Morgan fingerprint density at radius 1 is 1.37 bits per heavy atom. The zero-order valence-corrected chi connectivity index (χ0v) is 12.2. The second-order valence-electron chi connectivity index (χ2n) is 4.62. The molecule has 0 radical (unpaired) electrons. The second-order valence-corrected chi connectivity index (χ2v) is 5.68. The average molecular weight is 275 g/mol. The standard InChI is InChI=1S/C15H17NO2S/c1-10(2)18-15-7-5-4-6-13(15)14(17)8-12-9-19-11(3)16-12/h4-7,9-10H,8H2,1-3H3. The Balaban J connectivity index is 2.18. The number of para-hydroxylation sites is 1. The fraction of sp³-hybridized carbons (Fsp3) is 0.333. The molecule has 2 aromatic rings. The van der Waals surface area contributed by atoms with Gasteiger partial charge in [0.25, 0.3) is 0 Å². The predicted octanol–water partition coefficient (Wildman–Crippen LogP) is 3.66. The molecule has 1 aromatic carbocycles. The van der Waals surface area contributed by atoms with Gasteiger partial charge in [0.05, 0.1) is 28.8 Å². The van der Waals surface area contributed by atoms with Crippen LogP contribution in [0.25, 0.3) is 0 Å². The highest BCUT2D eigenvalue weighted by Gasteiger charge is 2.14. The van der Waals surface area contributed by atoms with E-state index in [1.54, 1.807) is 17.4 Å². The van der Waals surface area contributed by atoms with Crippen molar-refractivity contribution in [2.45, 2.75) is 33.3 Å². The molecule has 2 rings (SSSR count). The molecule has 4 heteroatoms. The Kier molecular flexibility index (Phi) is 4.32. The van der Waals surface area contributed by atoms with Gasteiger partial charge < -0.3 is 4.74 Å². The lowest BCUT2D eigenvalue weighted by Gasteiger charge is -2.13. The largest absolute Gasteiger partial charge is 0.490 e. The summed E-state index contributed by atoms with van der Waals surface area (Å²) in [4.78, 5) is 16.6. The van der Waals surface area contributed by atoms with E-state index >= 15 is 0 Å². The molecule has 0 spiro atoms. The molecule has 0 atom stereocenters. The fourth-order valence-corrected chi connectivity index (χ4v) is 2.42. The number of benzene rings is 1. The van der Waals surface area contributed by atoms with E-state index in [0.717, 1.165) is 10.7 Å². The van der Waals surface area contributed by atoms with Crippen LogP contribution in [0.2, 0.25) is 0 Å². The third-order valence-electron chi connectivity index (χ3n) is 2.56. The number of ether oxygens (including phenoxy) is 1. The van der Waals surface area contributed by atoms with E-state index in [0.29, 0.717) is 17.7 Å². The maximum Gasteiger partial charge on any atom is 0.172 e. The van der Waals surface area contributed by atoms with Crippen molar-refractivity contribution >= 4 is 17.1 Å². The number of ketones is 1. The van der Waals surface area contributed by atoms with Crippen molar-refractivity contribution in [2.24, 2.45) is 0 Å². The van der Waals surface area contributed by atoms with E-state index < -0.39 is 0 Å². The third kappa shape index (κ3) is 3.64. The summed E-state index contributed by atoms with van der Waals surface area (Å²) in [7, 11) is 0. The number of nitrogens with zero attached hydrogens (tertiary/aromatic N) is 1. The van der Waals surface area contributed by atoms with Gasteiger partial charge in [0.15, 0.2) is 5.78 Å². The number of carbonyl (C=O) groups is 1. The summed E-state index contributed by atoms with van der Waals surface area (Å²) in [5, 5.41) is 2.91. The number of rotatable bonds is 5. The molecule has 19 heavy (non-hydrogen) atoms. The third-order valence-corrected chi connectivity index (χ3v) is 3.38. The number of aryl methyl sites for hydroxylation is 1. The fourth-order valence-electron chi connectivity index (χ4n) is 1.80. The normalized spacial score (nSPS) is 10.7. The Morgan fingerprint density at radius 2 is 2.11 bits per heavy atom. The zero-order valence-electron chi connectivity index (χ0n) is 11.3. The van der Waals surface area contributed by atoms with Crippen molar-refractivity contribution in [3.05, 3.63) is 45.9 Å². The van der Waals surface area contributed by atoms with Crippen molar-refractivity contribution in [3.8, 4) is 5.75 Å². The molecule has 0 aliphatic heterocycles. The van der Waals surface area contributed by atoms with Gasteiger partial charge in [0.1, 0.15) is 5.75 Å². The molecule has 0 aliphatic rings. The molecule has 0 bridgehead atoms. The van der Waals surface area contributed by atoms with Crippen molar-refractivity contribution in [1.29, 1.82) is 0 Å². The van der Waals surface area contributed by atoms with Crippen molar-refractivity contribution in [2.75, 3.05) is 0 Å². The first-order valence-electron chi connectivity index (χ1n) is 6.26. The highest BCUT2D eigenvalue weighted by Crippen LogP contribution is 2.21. The minimum absolute atomic E-state index is 0.0431. The van der Waals surface area contributed by atoms with Crippen LogP contribution in [-0.4, -0.2) is 16.9 Å². The zero-order chi connectivity index (χ0) is 13.8. The van der Waals surface area contributed by atoms with Crippen LogP contribution in [0.4, 0.5) is 0 Å². The van der Waals surface area contributed by atoms with Crippen LogP contribution in [-0.2, 0) is 6.42 Å². The molecule has 0 unspecified atom stereocenters. The van der Waals surface area contributed by atoms with E-state index in [1.165, 1.54) is 0 Å². The van der Waals surface area contributed by atoms with Crippen LogP contribution >= 0.6 is 11.3 Å². The molecular weight excluding hydrogens is 258 g/mol. The molecule has 0 fully saturated rings. The minimum Gasteiger partial charge on any atom is -0.490 e. The van der Waals surface area contributed by atoms with E-state index in [1.807, 2.05) is 44.4 Å². The van der Waals surface area contributed by atoms with Crippen LogP contribution in [0.15, 0.2) is 29.6 Å². The number of aromatic nitrogens is 1. The number of thiazole rings is 1. The van der Waals surface area contributed by atoms with Crippen LogP contribution < -0.4 is 4.74 Å². The SMILES string of the molecule is Cc1nc(CC(=O)c2ccccc2OC(C)C)cs1. The van der Waals surface area contributed by atoms with Gasteiger partial charge in [-0.1, -0.05) is 12.1 Å². The van der Waals surface area contributed by atoms with E-state index in [4.69, 9.17) is 4.74 Å². The van der Waals surface area contributed by atoms with Crippen molar-refractivity contribution < 1.29 is 9.53 Å². The quantitative estimate of drug-likeness (QED) is 0.782. The van der Waals surface area contributed by atoms with Gasteiger partial charge in [-0.3, -0.25) is 4.79 Å². The lowest BCUT2D eigenvalue weighted by molar-refractivity contribution is 0.0986. The Bertz CT molecular complexity index is 575. The smallest absolute Gasteiger partial charge is 0.172 e. The Morgan fingerprint density at radius 3 is 2.74 bits per heavy atom. The van der Waals surface area contributed by atoms with E-state index in [-0.39, 0.29) is 11.9 Å². The number of hydrogen-bond acceptors (Lipinski definition) is 4. The van der Waals surface area contributed by atoms with E-state index in [2.05, 4.69) is 4.98 Å². The van der Waals surface area contributed by atoms with Gasteiger partial charge >= 0.3 is 0 Å². The lowest BCUT2D eigenvalue weighted by atomic mass is 10.1. The van der Waals surface area contributed by atoms with Gasteiger partial charge in [-0.25, -0.2) is 4.98 Å². The molecule has 0 N–H and O–H groups in total. The maximum atomic E-state index is 12.3. The molecule has 0 amide bonds. The summed E-state index contributed by atoms with van der Waals surface area (Å²) < 4.78 is 5.67. The monoisotopic (exact) mass is 275 g/mol. The van der Waals surface area contributed by atoms with Gasteiger partial charge in [-0.2, -0.15) is 0 Å². The molecule has 0 aliphatic carbocycles. The molecule has 0 saturated carbocycles. The summed E-state index contributed by atoms with van der Waals surface area (Å²) in [6.07, 6.45) is 0.374. The van der Waals surface area contributed by atoms with Crippen LogP contribution in [0.1, 0.15) is 34.9 Å². The number of Topliss-reactive ketones (excluding diaryl/α,β-unsaturated/α-hetero) is 1. The molecule has 1 heterocycles. The topological polar surface area (TPSA) is 39.2 Å². The van der Waals surface area contributed by atoms with E-state index in [9.17, 15) is 4.79 Å². The molecule has 3 nitrogen and oxygen atoms in total. The van der Waals surface area contributed by atoms with Crippen LogP contribution in [0.3, 0.4) is 0 Å². The first-order valence-corrected chi connectivity index (χ1v) is 7.14. The van der Waals surface area contributed by atoms with Gasteiger partial charge in [-0.05, 0) is 32.9 Å². The summed E-state index contributed by atoms with van der Waals surface area (Å²) in [6.45, 7) is 5.84. The molecular formula is C15H17NO2S. The lowest BCUT2D eigenvalue weighted by Crippen LogP contribution is -2.11. The van der Waals surface area contributed by atoms with Gasteiger partial charge in [0.2, 0.25) is 0 Å². The number of hydrogen-bond donors (Lipinski definition) is 0. The second kappa shape index (κ2) is 5.97. The average Bonchev–Trinajstić information content (AvgIpc) is 2.74. The van der Waals surface area contributed by atoms with Crippen molar-refractivity contribution in [3.63, 3.8) is 0 Å². The highest BCUT2D eigenvalue weighted by molar-refractivity contribution is 7.09. The molecule has 0 saturated heterocycles. The minimum atomic E-state index is 0.0431. The number of carbonyl (C=O) groups excluding carboxylic acids is 1. The highest BCUT2D eigenvalue weighted by atomic mass is 32.1. The van der Waals surface area contributed by atoms with Crippen LogP contribution in [0, 0.1) is 6.92 Å². The summed E-state index contributed by atoms with van der Waals surface area (Å²) in [5.41, 5.74) is 1.45. The van der Waals surface area contributed by atoms with Gasteiger partial charge in [0, 0.05) is 5.38 Å². The van der Waals surface area contributed by atoms with Crippen molar-refractivity contribution in [1.82, 2.24) is 4.98 Å². The van der Waals surface area contributed by atoms with Gasteiger partial charge in [-0.15, -0.1) is 11.3 Å². The first-order chi connectivity index (χ1) is 9.06. The van der Waals surface area contributed by atoms with Crippen LogP contribution in [0.5, 0.6) is 5.75 Å². The summed E-state index contributed by atoms with van der Waals surface area (Å²) in [5.74, 6) is 0.691.